The van der Waals surface area contributed by atoms with Crippen molar-refractivity contribution in [3.63, 3.8) is 0 Å². The van der Waals surface area contributed by atoms with Crippen molar-refractivity contribution in [3.05, 3.63) is 0 Å². The summed E-state index contributed by atoms with van der Waals surface area (Å²) in [5.74, 6) is 0.856. The van der Waals surface area contributed by atoms with Crippen LogP contribution < -0.4 is 10.6 Å². The molecule has 0 saturated carbocycles. The van der Waals surface area contributed by atoms with Crippen molar-refractivity contribution in [3.8, 4) is 0 Å². The first-order valence-electron chi connectivity index (χ1n) is 5.47. The topological polar surface area (TPSA) is 33.3 Å². The molecule has 0 spiro atoms. The minimum atomic E-state index is 0.725. The van der Waals surface area contributed by atoms with Gasteiger partial charge in [0.2, 0.25) is 0 Å². The molecule has 0 aromatic rings. The van der Waals surface area contributed by atoms with E-state index in [4.69, 9.17) is 4.74 Å². The van der Waals surface area contributed by atoms with E-state index in [1.165, 1.54) is 32.4 Å². The first-order chi connectivity index (χ1) is 6.45. The first kappa shape index (κ1) is 9.44. The largest absolute Gasteiger partial charge is 0.381 e. The highest BCUT2D eigenvalue weighted by Crippen LogP contribution is 2.13. The molecule has 1 atom stereocenters. The molecule has 0 radical (unpaired) electrons. The molecule has 0 bridgehead atoms. The van der Waals surface area contributed by atoms with Crippen LogP contribution in [0.1, 0.15) is 19.3 Å². The molecule has 1 unspecified atom stereocenters. The van der Waals surface area contributed by atoms with Crippen LogP contribution in [-0.2, 0) is 4.74 Å². The van der Waals surface area contributed by atoms with Gasteiger partial charge >= 0.3 is 0 Å². The number of hydrogen-bond acceptors (Lipinski definition) is 3. The summed E-state index contributed by atoms with van der Waals surface area (Å²) in [6.07, 6.45) is 3.78. The van der Waals surface area contributed by atoms with Gasteiger partial charge in [-0.1, -0.05) is 0 Å². The smallest absolute Gasteiger partial charge is 0.0469 e. The van der Waals surface area contributed by atoms with Crippen molar-refractivity contribution in [1.29, 1.82) is 0 Å². The molecule has 2 saturated heterocycles. The highest BCUT2D eigenvalue weighted by Gasteiger charge is 2.17. The summed E-state index contributed by atoms with van der Waals surface area (Å²) in [5.41, 5.74) is 0. The summed E-state index contributed by atoms with van der Waals surface area (Å²) in [6.45, 7) is 5.47. The van der Waals surface area contributed by atoms with Crippen molar-refractivity contribution >= 4 is 0 Å². The van der Waals surface area contributed by atoms with E-state index in [0.717, 1.165) is 31.7 Å². The molecule has 0 aromatic carbocycles. The molecule has 2 heterocycles. The lowest BCUT2D eigenvalue weighted by atomic mass is 10.00. The van der Waals surface area contributed by atoms with Crippen LogP contribution in [0.2, 0.25) is 0 Å². The molecule has 76 valence electrons. The second-order valence-corrected chi connectivity index (χ2v) is 4.15. The zero-order valence-electron chi connectivity index (χ0n) is 8.22. The van der Waals surface area contributed by atoms with Gasteiger partial charge in [-0.3, -0.25) is 0 Å². The molecule has 0 aliphatic carbocycles. The fourth-order valence-electron chi connectivity index (χ4n) is 2.11. The van der Waals surface area contributed by atoms with Gasteiger partial charge in [0.05, 0.1) is 0 Å². The Morgan fingerprint density at radius 3 is 2.77 bits per heavy atom. The molecule has 3 nitrogen and oxygen atoms in total. The Morgan fingerprint density at radius 2 is 2.08 bits per heavy atom. The Morgan fingerprint density at radius 1 is 1.23 bits per heavy atom. The standard InChI is InChI=1S/C10H20N2O/c1-4-11-8-10(1)12-7-9-2-5-13-6-3-9/h9-12H,1-8H2. The van der Waals surface area contributed by atoms with Crippen LogP contribution in [0.4, 0.5) is 0 Å². The third-order valence-electron chi connectivity index (χ3n) is 3.10. The van der Waals surface area contributed by atoms with E-state index in [9.17, 15) is 0 Å². The number of rotatable bonds is 3. The van der Waals surface area contributed by atoms with Crippen molar-refractivity contribution in [1.82, 2.24) is 10.6 Å². The van der Waals surface area contributed by atoms with Gasteiger partial charge in [-0.25, -0.2) is 0 Å². The summed E-state index contributed by atoms with van der Waals surface area (Å²) in [7, 11) is 0. The van der Waals surface area contributed by atoms with E-state index in [1.807, 2.05) is 0 Å². The van der Waals surface area contributed by atoms with Gasteiger partial charge in [0, 0.05) is 25.8 Å². The lowest BCUT2D eigenvalue weighted by molar-refractivity contribution is 0.0656. The van der Waals surface area contributed by atoms with Gasteiger partial charge in [0.1, 0.15) is 0 Å². The van der Waals surface area contributed by atoms with E-state index >= 15 is 0 Å². The Hall–Kier alpha value is -0.120. The van der Waals surface area contributed by atoms with E-state index in [2.05, 4.69) is 10.6 Å². The summed E-state index contributed by atoms with van der Waals surface area (Å²) >= 11 is 0. The lowest BCUT2D eigenvalue weighted by Gasteiger charge is -2.23. The molecular weight excluding hydrogens is 164 g/mol. The fourth-order valence-corrected chi connectivity index (χ4v) is 2.11. The third-order valence-corrected chi connectivity index (χ3v) is 3.10. The van der Waals surface area contributed by atoms with Crippen molar-refractivity contribution in [2.45, 2.75) is 25.3 Å². The zero-order valence-corrected chi connectivity index (χ0v) is 8.22. The summed E-state index contributed by atoms with van der Waals surface area (Å²) in [5, 5.41) is 7.01. The van der Waals surface area contributed by atoms with Crippen molar-refractivity contribution in [2.75, 3.05) is 32.8 Å². The minimum absolute atomic E-state index is 0.725. The second-order valence-electron chi connectivity index (χ2n) is 4.15. The molecule has 2 N–H and O–H groups in total. The van der Waals surface area contributed by atoms with E-state index in [0.29, 0.717) is 0 Å². The van der Waals surface area contributed by atoms with E-state index < -0.39 is 0 Å². The van der Waals surface area contributed by atoms with Crippen LogP contribution in [0, 0.1) is 5.92 Å². The highest BCUT2D eigenvalue weighted by molar-refractivity contribution is 4.78. The van der Waals surface area contributed by atoms with Crippen molar-refractivity contribution in [2.24, 2.45) is 5.92 Å². The molecule has 2 rings (SSSR count). The Labute approximate surface area is 80.2 Å². The van der Waals surface area contributed by atoms with Crippen molar-refractivity contribution < 1.29 is 4.74 Å². The van der Waals surface area contributed by atoms with Crippen LogP contribution in [0.15, 0.2) is 0 Å². The third kappa shape index (κ3) is 2.93. The second kappa shape index (κ2) is 4.94. The quantitative estimate of drug-likeness (QED) is 0.664. The Kier molecular flexibility index (Phi) is 3.58. The molecule has 0 amide bonds. The van der Waals surface area contributed by atoms with Crippen LogP contribution in [-0.4, -0.2) is 38.9 Å². The Balaban J connectivity index is 1.60. The molecule has 0 aromatic heterocycles. The maximum absolute atomic E-state index is 5.33. The maximum Gasteiger partial charge on any atom is 0.0469 e. The van der Waals surface area contributed by atoms with Gasteiger partial charge in [0.15, 0.2) is 0 Å². The van der Waals surface area contributed by atoms with Gasteiger partial charge < -0.3 is 15.4 Å². The van der Waals surface area contributed by atoms with Crippen LogP contribution in [0.3, 0.4) is 0 Å². The number of hydrogen-bond donors (Lipinski definition) is 2. The average molecular weight is 184 g/mol. The molecule has 2 aliphatic heterocycles. The van der Waals surface area contributed by atoms with E-state index in [1.54, 1.807) is 0 Å². The average Bonchev–Trinajstić information content (AvgIpc) is 2.69. The maximum atomic E-state index is 5.33. The summed E-state index contributed by atoms with van der Waals surface area (Å²) < 4.78 is 5.33. The van der Waals surface area contributed by atoms with Gasteiger partial charge in [-0.05, 0) is 38.3 Å². The van der Waals surface area contributed by atoms with Gasteiger partial charge in [0.25, 0.3) is 0 Å². The van der Waals surface area contributed by atoms with Gasteiger partial charge in [-0.15, -0.1) is 0 Å². The first-order valence-corrected chi connectivity index (χ1v) is 5.47. The normalized spacial score (nSPS) is 30.9. The molecule has 2 fully saturated rings. The predicted molar refractivity (Wildman–Crippen MR) is 52.8 cm³/mol. The molecule has 13 heavy (non-hydrogen) atoms. The summed E-state index contributed by atoms with van der Waals surface area (Å²) in [6, 6.07) is 0.725. The highest BCUT2D eigenvalue weighted by atomic mass is 16.5. The SMILES string of the molecule is C1CC(NCC2CCOCC2)CN1. The van der Waals surface area contributed by atoms with Crippen LogP contribution >= 0.6 is 0 Å². The van der Waals surface area contributed by atoms with E-state index in [-0.39, 0.29) is 0 Å². The van der Waals surface area contributed by atoms with Crippen LogP contribution in [0.5, 0.6) is 0 Å². The number of ether oxygens (including phenoxy) is 1. The summed E-state index contributed by atoms with van der Waals surface area (Å²) in [4.78, 5) is 0. The zero-order chi connectivity index (χ0) is 8.93. The molecular formula is C10H20N2O. The fraction of sp³-hybridized carbons (Fsp3) is 1.00. The predicted octanol–water partition coefficient (Wildman–Crippen LogP) is 0.364. The lowest BCUT2D eigenvalue weighted by Crippen LogP contribution is -2.36. The number of nitrogens with one attached hydrogen (secondary N) is 2. The minimum Gasteiger partial charge on any atom is -0.381 e. The monoisotopic (exact) mass is 184 g/mol. The van der Waals surface area contributed by atoms with Gasteiger partial charge in [-0.2, -0.15) is 0 Å². The molecule has 3 heteroatoms. The molecule has 2 aliphatic rings. The van der Waals surface area contributed by atoms with Crippen LogP contribution in [0.25, 0.3) is 0 Å². The Bertz CT molecular complexity index is 140.